The number of nitrogens with one attached hydrogen (secondary N) is 1. The molecular formula is C16H25N3O. The largest absolute Gasteiger partial charge is 0.326 e. The van der Waals surface area contributed by atoms with Crippen molar-refractivity contribution in [2.24, 2.45) is 0 Å². The molecule has 20 heavy (non-hydrogen) atoms. The van der Waals surface area contributed by atoms with Crippen LogP contribution in [0, 0.1) is 13.8 Å². The molecule has 1 aliphatic rings. The Balaban J connectivity index is 2.14. The predicted molar refractivity (Wildman–Crippen MR) is 81.9 cm³/mol. The molecule has 0 aromatic heterocycles. The van der Waals surface area contributed by atoms with Crippen molar-refractivity contribution in [3.05, 3.63) is 34.9 Å². The quantitative estimate of drug-likeness (QED) is 0.895. The van der Waals surface area contributed by atoms with E-state index in [1.807, 2.05) is 11.9 Å². The Labute approximate surface area is 121 Å². The summed E-state index contributed by atoms with van der Waals surface area (Å²) in [5.74, 6) is 0. The van der Waals surface area contributed by atoms with Crippen molar-refractivity contribution in [2.75, 3.05) is 33.2 Å². The van der Waals surface area contributed by atoms with Gasteiger partial charge in [0.25, 0.3) is 0 Å². The van der Waals surface area contributed by atoms with Gasteiger partial charge in [0.15, 0.2) is 0 Å². The van der Waals surface area contributed by atoms with E-state index in [9.17, 15) is 4.79 Å². The fraction of sp³-hybridized carbons (Fsp3) is 0.562. The third kappa shape index (κ3) is 3.12. The van der Waals surface area contributed by atoms with Gasteiger partial charge in [-0.2, -0.15) is 0 Å². The molecule has 2 amide bonds. The summed E-state index contributed by atoms with van der Waals surface area (Å²) in [5, 5.41) is 3.50. The lowest BCUT2D eigenvalue weighted by Gasteiger charge is -2.25. The van der Waals surface area contributed by atoms with Crippen molar-refractivity contribution in [3.8, 4) is 0 Å². The maximum absolute atomic E-state index is 12.0. The van der Waals surface area contributed by atoms with E-state index in [4.69, 9.17) is 0 Å². The van der Waals surface area contributed by atoms with E-state index in [-0.39, 0.29) is 12.1 Å². The Hall–Kier alpha value is -1.55. The highest BCUT2D eigenvalue weighted by molar-refractivity contribution is 5.76. The van der Waals surface area contributed by atoms with Crippen molar-refractivity contribution in [2.45, 2.75) is 26.8 Å². The van der Waals surface area contributed by atoms with E-state index < -0.39 is 0 Å². The maximum Gasteiger partial charge on any atom is 0.319 e. The number of carbonyl (C=O) groups excluding carboxylic acids is 1. The van der Waals surface area contributed by atoms with Gasteiger partial charge < -0.3 is 15.1 Å². The average Bonchev–Trinajstić information content (AvgIpc) is 2.73. The third-order valence-electron chi connectivity index (χ3n) is 4.09. The summed E-state index contributed by atoms with van der Waals surface area (Å²) in [5.41, 5.74) is 3.87. The molecule has 0 spiro atoms. The van der Waals surface area contributed by atoms with Gasteiger partial charge in [-0.25, -0.2) is 4.79 Å². The van der Waals surface area contributed by atoms with Crippen LogP contribution in [-0.2, 0) is 0 Å². The number of carbonyl (C=O) groups is 1. The molecule has 1 fully saturated rings. The van der Waals surface area contributed by atoms with E-state index in [0.29, 0.717) is 0 Å². The van der Waals surface area contributed by atoms with Crippen LogP contribution in [0.1, 0.15) is 29.7 Å². The highest BCUT2D eigenvalue weighted by atomic mass is 16.2. The van der Waals surface area contributed by atoms with Gasteiger partial charge in [-0.05, 0) is 37.1 Å². The Bertz CT molecular complexity index is 487. The van der Waals surface area contributed by atoms with Crippen LogP contribution < -0.4 is 5.32 Å². The first-order valence-electron chi connectivity index (χ1n) is 7.33. The van der Waals surface area contributed by atoms with Crippen LogP contribution in [0.15, 0.2) is 18.2 Å². The van der Waals surface area contributed by atoms with Crippen LogP contribution in [0.3, 0.4) is 0 Å². The van der Waals surface area contributed by atoms with Gasteiger partial charge in [0.1, 0.15) is 0 Å². The van der Waals surface area contributed by atoms with Crippen molar-refractivity contribution >= 4 is 6.03 Å². The molecule has 1 aromatic carbocycles. The van der Waals surface area contributed by atoms with Gasteiger partial charge in [-0.3, -0.25) is 0 Å². The molecule has 1 saturated heterocycles. The third-order valence-corrected chi connectivity index (χ3v) is 4.09. The Morgan fingerprint density at radius 2 is 2.00 bits per heavy atom. The molecule has 0 radical (unpaired) electrons. The summed E-state index contributed by atoms with van der Waals surface area (Å²) in [6.07, 6.45) is 0. The molecule has 4 heteroatoms. The second kappa shape index (κ2) is 6.27. The minimum Gasteiger partial charge on any atom is -0.326 e. The van der Waals surface area contributed by atoms with Crippen LogP contribution in [-0.4, -0.2) is 49.1 Å². The highest BCUT2D eigenvalue weighted by Gasteiger charge is 2.27. The minimum atomic E-state index is 0.136. The van der Waals surface area contributed by atoms with Gasteiger partial charge >= 0.3 is 6.03 Å². The van der Waals surface area contributed by atoms with Crippen molar-refractivity contribution in [1.82, 2.24) is 15.1 Å². The molecule has 1 unspecified atom stereocenters. The maximum atomic E-state index is 12.0. The lowest BCUT2D eigenvalue weighted by Crippen LogP contribution is -2.37. The zero-order chi connectivity index (χ0) is 14.7. The molecule has 1 aromatic rings. The topological polar surface area (TPSA) is 35.6 Å². The number of hydrogen-bond acceptors (Lipinski definition) is 2. The van der Waals surface area contributed by atoms with Crippen LogP contribution in [0.4, 0.5) is 4.79 Å². The van der Waals surface area contributed by atoms with Gasteiger partial charge in [0, 0.05) is 32.7 Å². The second-order valence-corrected chi connectivity index (χ2v) is 5.60. The first kappa shape index (κ1) is 14.9. The normalized spacial score (nSPS) is 16.9. The Kier molecular flexibility index (Phi) is 4.65. The SMILES string of the molecule is CCNC(CN1CCN(C)C1=O)c1ccc(C)c(C)c1. The number of benzene rings is 1. The highest BCUT2D eigenvalue weighted by Crippen LogP contribution is 2.20. The predicted octanol–water partition coefficient (Wildman–Crippen LogP) is 2.32. The lowest BCUT2D eigenvalue weighted by molar-refractivity contribution is 0.194. The monoisotopic (exact) mass is 275 g/mol. The van der Waals surface area contributed by atoms with E-state index >= 15 is 0 Å². The summed E-state index contributed by atoms with van der Waals surface area (Å²) < 4.78 is 0. The molecule has 0 saturated carbocycles. The van der Waals surface area contributed by atoms with Crippen molar-refractivity contribution in [1.29, 1.82) is 0 Å². The lowest BCUT2D eigenvalue weighted by atomic mass is 10.0. The van der Waals surface area contributed by atoms with Crippen molar-refractivity contribution < 1.29 is 4.79 Å². The molecule has 4 nitrogen and oxygen atoms in total. The van der Waals surface area contributed by atoms with Crippen molar-refractivity contribution in [3.63, 3.8) is 0 Å². The van der Waals surface area contributed by atoms with Crippen LogP contribution >= 0.6 is 0 Å². The molecule has 0 aliphatic carbocycles. The molecule has 1 atom stereocenters. The van der Waals surface area contributed by atoms with E-state index in [1.54, 1.807) is 4.90 Å². The molecular weight excluding hydrogens is 250 g/mol. The van der Waals surface area contributed by atoms with E-state index in [1.165, 1.54) is 16.7 Å². The van der Waals surface area contributed by atoms with Gasteiger partial charge in [0.05, 0.1) is 0 Å². The van der Waals surface area contributed by atoms with Gasteiger partial charge in [-0.15, -0.1) is 0 Å². The number of amides is 2. The first-order chi connectivity index (χ1) is 9.52. The van der Waals surface area contributed by atoms with Crippen LogP contribution in [0.2, 0.25) is 0 Å². The molecule has 0 bridgehead atoms. The van der Waals surface area contributed by atoms with Gasteiger partial charge in [0.2, 0.25) is 0 Å². The summed E-state index contributed by atoms with van der Waals surface area (Å²) in [4.78, 5) is 15.7. The summed E-state index contributed by atoms with van der Waals surface area (Å²) in [6.45, 7) is 9.64. The molecule has 1 heterocycles. The Morgan fingerprint density at radius 1 is 1.25 bits per heavy atom. The first-order valence-corrected chi connectivity index (χ1v) is 7.33. The number of likely N-dealkylation sites (N-methyl/N-ethyl adjacent to an activating group) is 2. The zero-order valence-electron chi connectivity index (χ0n) is 12.9. The standard InChI is InChI=1S/C16H25N3O/c1-5-17-15(11-19-9-8-18(4)16(19)20)14-7-6-12(2)13(3)10-14/h6-7,10,15,17H,5,8-9,11H2,1-4H3. The van der Waals surface area contributed by atoms with Crippen LogP contribution in [0.5, 0.6) is 0 Å². The number of hydrogen-bond donors (Lipinski definition) is 1. The number of aryl methyl sites for hydroxylation is 2. The number of urea groups is 1. The fourth-order valence-corrected chi connectivity index (χ4v) is 2.61. The number of nitrogens with zero attached hydrogens (tertiary/aromatic N) is 2. The average molecular weight is 275 g/mol. The Morgan fingerprint density at radius 3 is 2.55 bits per heavy atom. The fourth-order valence-electron chi connectivity index (χ4n) is 2.61. The van der Waals surface area contributed by atoms with E-state index in [2.05, 4.69) is 44.3 Å². The molecule has 1 N–H and O–H groups in total. The van der Waals surface area contributed by atoms with Gasteiger partial charge in [-0.1, -0.05) is 25.1 Å². The smallest absolute Gasteiger partial charge is 0.319 e. The number of rotatable bonds is 5. The molecule has 1 aliphatic heterocycles. The zero-order valence-corrected chi connectivity index (χ0v) is 12.9. The minimum absolute atomic E-state index is 0.136. The molecule has 110 valence electrons. The summed E-state index contributed by atoms with van der Waals surface area (Å²) in [7, 11) is 1.86. The summed E-state index contributed by atoms with van der Waals surface area (Å²) in [6, 6.07) is 6.89. The summed E-state index contributed by atoms with van der Waals surface area (Å²) >= 11 is 0. The second-order valence-electron chi connectivity index (χ2n) is 5.60. The van der Waals surface area contributed by atoms with Crippen LogP contribution in [0.25, 0.3) is 0 Å². The molecule has 2 rings (SSSR count). The van der Waals surface area contributed by atoms with E-state index in [0.717, 1.165) is 26.2 Å².